The fourth-order valence-corrected chi connectivity index (χ4v) is 4.33. The molecule has 2 aromatic rings. The summed E-state index contributed by atoms with van der Waals surface area (Å²) < 4.78 is 0. The average molecular weight is 373 g/mol. The van der Waals surface area contributed by atoms with E-state index in [9.17, 15) is 4.79 Å². The second kappa shape index (κ2) is 7.98. The summed E-state index contributed by atoms with van der Waals surface area (Å²) in [4.78, 5) is 15.4. The Hall–Kier alpha value is -1.58. The van der Waals surface area contributed by atoms with Crippen LogP contribution in [0.3, 0.4) is 0 Å². The third-order valence-electron chi connectivity index (χ3n) is 5.93. The quantitative estimate of drug-likeness (QED) is 0.835. The number of rotatable bonds is 4. The maximum Gasteiger partial charge on any atom is 0.226 e. The summed E-state index contributed by atoms with van der Waals surface area (Å²) in [5.74, 6) is 0.450. The van der Waals surface area contributed by atoms with Crippen LogP contribution in [0.5, 0.6) is 0 Å². The van der Waals surface area contributed by atoms with Crippen LogP contribution < -0.4 is 5.73 Å². The predicted molar refractivity (Wildman–Crippen MR) is 109 cm³/mol. The number of hydrogen-bond acceptors (Lipinski definition) is 2. The number of benzene rings is 2. The van der Waals surface area contributed by atoms with Crippen LogP contribution in [-0.4, -0.2) is 22.9 Å². The second-order valence-electron chi connectivity index (χ2n) is 7.88. The Morgan fingerprint density at radius 1 is 1.08 bits per heavy atom. The van der Waals surface area contributed by atoms with E-state index in [1.165, 1.54) is 16.3 Å². The van der Waals surface area contributed by atoms with E-state index in [2.05, 4.69) is 54.3 Å². The molecule has 26 heavy (non-hydrogen) atoms. The smallest absolute Gasteiger partial charge is 0.226 e. The van der Waals surface area contributed by atoms with Gasteiger partial charge in [0.2, 0.25) is 5.91 Å². The Bertz CT molecular complexity index is 774. The summed E-state index contributed by atoms with van der Waals surface area (Å²) in [6.45, 7) is 2.18. The molecule has 0 aliphatic heterocycles. The highest BCUT2D eigenvalue weighted by Gasteiger charge is 2.39. The first-order valence-electron chi connectivity index (χ1n) is 9.70. The highest BCUT2D eigenvalue weighted by atomic mass is 35.5. The summed E-state index contributed by atoms with van der Waals surface area (Å²) in [5.41, 5.74) is 7.37. The first-order chi connectivity index (χ1) is 12.1. The Kier molecular flexibility index (Phi) is 5.89. The molecule has 0 spiro atoms. The molecule has 2 fully saturated rings. The second-order valence-corrected chi connectivity index (χ2v) is 7.88. The van der Waals surface area contributed by atoms with Gasteiger partial charge in [-0.25, -0.2) is 0 Å². The van der Waals surface area contributed by atoms with Gasteiger partial charge in [0.25, 0.3) is 0 Å². The molecule has 4 rings (SSSR count). The standard InChI is InChI=1S/C22H28N2O.ClH/c1-15(17-10-9-16-5-2-3-6-18(16)13-17)24(21-11-12-21)22(25)19-7-4-8-20(23)14-19;/h2-3,5-6,9-10,13,15,19-21H,4,7-8,11-12,14,23H2,1H3;1H. The molecule has 0 radical (unpaired) electrons. The van der Waals surface area contributed by atoms with Gasteiger partial charge in [0.05, 0.1) is 6.04 Å². The minimum atomic E-state index is 0. The number of hydrogen-bond donors (Lipinski definition) is 1. The average Bonchev–Trinajstić information content (AvgIpc) is 3.46. The van der Waals surface area contributed by atoms with Gasteiger partial charge in [-0.2, -0.15) is 0 Å². The molecule has 2 aromatic carbocycles. The number of amides is 1. The molecule has 140 valence electrons. The number of fused-ring (bicyclic) bond motifs is 1. The number of halogens is 1. The van der Waals surface area contributed by atoms with Gasteiger partial charge >= 0.3 is 0 Å². The van der Waals surface area contributed by atoms with Crippen LogP contribution in [-0.2, 0) is 4.79 Å². The van der Waals surface area contributed by atoms with Crippen LogP contribution in [0.15, 0.2) is 42.5 Å². The summed E-state index contributed by atoms with van der Waals surface area (Å²) >= 11 is 0. The molecule has 4 heteroatoms. The highest BCUT2D eigenvalue weighted by molar-refractivity contribution is 5.85. The Labute approximate surface area is 162 Å². The van der Waals surface area contributed by atoms with Crippen LogP contribution in [0.2, 0.25) is 0 Å². The van der Waals surface area contributed by atoms with Crippen molar-refractivity contribution in [3.63, 3.8) is 0 Å². The SMILES string of the molecule is CC(c1ccc2ccccc2c1)N(C(=O)C1CCCC(N)C1)C1CC1.Cl. The van der Waals surface area contributed by atoms with Gasteiger partial charge < -0.3 is 10.6 Å². The van der Waals surface area contributed by atoms with Gasteiger partial charge in [0, 0.05) is 18.0 Å². The first kappa shape index (κ1) is 19.2. The van der Waals surface area contributed by atoms with Crippen molar-refractivity contribution < 1.29 is 4.79 Å². The highest BCUT2D eigenvalue weighted by Crippen LogP contribution is 2.38. The first-order valence-corrected chi connectivity index (χ1v) is 9.70. The largest absolute Gasteiger partial charge is 0.333 e. The van der Waals surface area contributed by atoms with E-state index in [0.717, 1.165) is 38.5 Å². The third kappa shape index (κ3) is 3.89. The number of carbonyl (C=O) groups is 1. The number of carbonyl (C=O) groups excluding carboxylic acids is 1. The lowest BCUT2D eigenvalue weighted by Gasteiger charge is -2.35. The van der Waals surface area contributed by atoms with Crippen molar-refractivity contribution >= 4 is 29.1 Å². The lowest BCUT2D eigenvalue weighted by Crippen LogP contribution is -2.43. The number of nitrogens with two attached hydrogens (primary N) is 1. The molecule has 0 bridgehead atoms. The van der Waals surface area contributed by atoms with Crippen molar-refractivity contribution in [3.8, 4) is 0 Å². The van der Waals surface area contributed by atoms with E-state index in [0.29, 0.717) is 11.9 Å². The molecule has 2 aliphatic carbocycles. The van der Waals surface area contributed by atoms with E-state index >= 15 is 0 Å². The molecule has 2 N–H and O–H groups in total. The zero-order chi connectivity index (χ0) is 17.4. The van der Waals surface area contributed by atoms with Crippen LogP contribution >= 0.6 is 12.4 Å². The minimum Gasteiger partial charge on any atom is -0.333 e. The Morgan fingerprint density at radius 3 is 2.50 bits per heavy atom. The Balaban J connectivity index is 0.00000196. The topological polar surface area (TPSA) is 46.3 Å². The van der Waals surface area contributed by atoms with Gasteiger partial charge in [-0.05, 0) is 61.4 Å². The summed E-state index contributed by atoms with van der Waals surface area (Å²) in [7, 11) is 0. The zero-order valence-corrected chi connectivity index (χ0v) is 16.3. The van der Waals surface area contributed by atoms with Crippen molar-refractivity contribution in [1.29, 1.82) is 0 Å². The maximum absolute atomic E-state index is 13.3. The molecule has 0 heterocycles. The molecular formula is C22H29ClN2O. The zero-order valence-electron chi connectivity index (χ0n) is 15.4. The van der Waals surface area contributed by atoms with E-state index in [1.54, 1.807) is 0 Å². The molecule has 2 aliphatic rings. The molecule has 1 amide bonds. The van der Waals surface area contributed by atoms with Gasteiger partial charge in [-0.3, -0.25) is 4.79 Å². The van der Waals surface area contributed by atoms with Gasteiger partial charge in [-0.1, -0.05) is 42.8 Å². The van der Waals surface area contributed by atoms with Crippen LogP contribution in [0, 0.1) is 5.92 Å². The van der Waals surface area contributed by atoms with Gasteiger partial charge in [-0.15, -0.1) is 12.4 Å². The van der Waals surface area contributed by atoms with E-state index < -0.39 is 0 Å². The lowest BCUT2D eigenvalue weighted by molar-refractivity contribution is -0.139. The molecule has 3 unspecified atom stereocenters. The number of nitrogens with zero attached hydrogens (tertiary/aromatic N) is 1. The van der Waals surface area contributed by atoms with Crippen LogP contribution in [0.25, 0.3) is 10.8 Å². The van der Waals surface area contributed by atoms with Crippen molar-refractivity contribution in [1.82, 2.24) is 4.90 Å². The van der Waals surface area contributed by atoms with E-state index in [-0.39, 0.29) is 30.4 Å². The molecule has 0 aromatic heterocycles. The van der Waals surface area contributed by atoms with Gasteiger partial charge in [0.1, 0.15) is 0 Å². The monoisotopic (exact) mass is 372 g/mol. The van der Waals surface area contributed by atoms with Crippen molar-refractivity contribution in [2.24, 2.45) is 11.7 Å². The van der Waals surface area contributed by atoms with E-state index in [4.69, 9.17) is 5.73 Å². The molecule has 3 nitrogen and oxygen atoms in total. The van der Waals surface area contributed by atoms with Crippen molar-refractivity contribution in [2.45, 2.75) is 63.6 Å². The lowest BCUT2D eigenvalue weighted by atomic mass is 9.84. The van der Waals surface area contributed by atoms with Crippen LogP contribution in [0.4, 0.5) is 0 Å². The molecule has 3 atom stereocenters. The third-order valence-corrected chi connectivity index (χ3v) is 5.93. The molecule has 2 saturated carbocycles. The van der Waals surface area contributed by atoms with Crippen molar-refractivity contribution in [2.75, 3.05) is 0 Å². The van der Waals surface area contributed by atoms with Crippen LogP contribution in [0.1, 0.15) is 57.1 Å². The fraction of sp³-hybridized carbons (Fsp3) is 0.500. The molecular weight excluding hydrogens is 344 g/mol. The molecule has 0 saturated heterocycles. The fourth-order valence-electron chi connectivity index (χ4n) is 4.33. The van der Waals surface area contributed by atoms with E-state index in [1.807, 2.05) is 0 Å². The minimum absolute atomic E-state index is 0. The van der Waals surface area contributed by atoms with Crippen molar-refractivity contribution in [3.05, 3.63) is 48.0 Å². The summed E-state index contributed by atoms with van der Waals surface area (Å²) in [6.07, 6.45) is 6.28. The summed E-state index contributed by atoms with van der Waals surface area (Å²) in [6, 6.07) is 15.8. The maximum atomic E-state index is 13.3. The summed E-state index contributed by atoms with van der Waals surface area (Å²) in [5, 5.41) is 2.50. The van der Waals surface area contributed by atoms with Gasteiger partial charge in [0.15, 0.2) is 0 Å². The Morgan fingerprint density at radius 2 is 1.81 bits per heavy atom. The normalized spacial score (nSPS) is 23.9. The predicted octanol–water partition coefficient (Wildman–Crippen LogP) is 4.83.